The molecular formula is C11H18N2OS. The normalized spacial score (nSPS) is 11.2. The summed E-state index contributed by atoms with van der Waals surface area (Å²) in [5.74, 6) is 0. The summed E-state index contributed by atoms with van der Waals surface area (Å²) in [5.41, 5.74) is 1.66. The van der Waals surface area contributed by atoms with Gasteiger partial charge in [0.25, 0.3) is 0 Å². The van der Waals surface area contributed by atoms with E-state index < -0.39 is 0 Å². The Labute approximate surface area is 95.8 Å². The van der Waals surface area contributed by atoms with Crippen molar-refractivity contribution in [3.05, 3.63) is 20.3 Å². The number of nitrogens with zero attached hydrogens (tertiary/aromatic N) is 1. The van der Waals surface area contributed by atoms with Crippen LogP contribution in [-0.4, -0.2) is 31.1 Å². The van der Waals surface area contributed by atoms with Gasteiger partial charge >= 0.3 is 0 Å². The number of anilines is 1. The number of hydrogen-bond donors (Lipinski definition) is 1. The summed E-state index contributed by atoms with van der Waals surface area (Å²) in [5, 5.41) is 3.15. The van der Waals surface area contributed by atoms with Gasteiger partial charge < -0.3 is 10.2 Å². The van der Waals surface area contributed by atoms with Gasteiger partial charge in [-0.2, -0.15) is 0 Å². The smallest absolute Gasteiger partial charge is 0.220 e. The molecule has 0 atom stereocenters. The van der Waals surface area contributed by atoms with Gasteiger partial charge in [-0.25, -0.2) is 0 Å². The van der Waals surface area contributed by atoms with E-state index in [9.17, 15) is 4.79 Å². The maximum Gasteiger partial charge on any atom is 0.220 e. The molecule has 1 N–H and O–H groups in total. The van der Waals surface area contributed by atoms with E-state index in [0.717, 1.165) is 31.7 Å². The van der Waals surface area contributed by atoms with Gasteiger partial charge in [0.1, 0.15) is 0 Å². The van der Waals surface area contributed by atoms with E-state index in [2.05, 4.69) is 24.1 Å². The highest BCUT2D eigenvalue weighted by Gasteiger charge is 2.12. The average Bonchev–Trinajstić information content (AvgIpc) is 2.28. The number of rotatable bonds is 6. The summed E-state index contributed by atoms with van der Waals surface area (Å²) in [6, 6.07) is 0. The first-order valence-corrected chi connectivity index (χ1v) is 5.78. The number of likely N-dealkylation sites (N-methyl/N-ethyl adjacent to an activating group) is 1. The van der Waals surface area contributed by atoms with Crippen LogP contribution in [0.2, 0.25) is 0 Å². The largest absolute Gasteiger partial charge is 0.380 e. The predicted octanol–water partition coefficient (Wildman–Crippen LogP) is 1.71. The van der Waals surface area contributed by atoms with Crippen molar-refractivity contribution in [1.82, 2.24) is 4.90 Å². The fourth-order valence-electron chi connectivity index (χ4n) is 1.60. The zero-order valence-electron chi connectivity index (χ0n) is 9.59. The standard InChI is InChI=1S/C11H18N2OS/c1-4-13(5-2)7-6-12-9-8(3)11(15)10(9)14/h12H,4-7H2,1-3H3. The minimum Gasteiger partial charge on any atom is -0.380 e. The molecule has 0 bridgehead atoms. The van der Waals surface area contributed by atoms with Crippen molar-refractivity contribution in [2.24, 2.45) is 0 Å². The molecule has 0 aromatic heterocycles. The molecule has 0 aliphatic heterocycles. The quantitative estimate of drug-likeness (QED) is 0.749. The first-order chi connectivity index (χ1) is 7.11. The summed E-state index contributed by atoms with van der Waals surface area (Å²) < 4.78 is 0.486. The Hall–Kier alpha value is -0.740. The molecule has 1 aromatic rings. The number of hydrogen-bond acceptors (Lipinski definition) is 4. The van der Waals surface area contributed by atoms with Crippen molar-refractivity contribution in [3.8, 4) is 0 Å². The fourth-order valence-corrected chi connectivity index (χ4v) is 1.80. The molecule has 0 aliphatic rings. The molecule has 0 amide bonds. The molecule has 0 unspecified atom stereocenters. The molecule has 4 heteroatoms. The van der Waals surface area contributed by atoms with Gasteiger partial charge in [-0.15, -0.1) is 0 Å². The van der Waals surface area contributed by atoms with E-state index in [-0.39, 0.29) is 5.43 Å². The summed E-state index contributed by atoms with van der Waals surface area (Å²) in [6.45, 7) is 10.0. The number of nitrogens with one attached hydrogen (secondary N) is 1. The Bertz CT molecular complexity index is 389. The van der Waals surface area contributed by atoms with Gasteiger partial charge in [-0.05, 0) is 25.6 Å². The SMILES string of the molecule is CCN(CC)CCNc1c(C)c(=S)c1=O. The Morgan fingerprint density at radius 3 is 2.40 bits per heavy atom. The lowest BCUT2D eigenvalue weighted by Gasteiger charge is -2.19. The van der Waals surface area contributed by atoms with Crippen LogP contribution in [0.15, 0.2) is 4.79 Å². The molecular weight excluding hydrogens is 208 g/mol. The van der Waals surface area contributed by atoms with Gasteiger partial charge in [-0.1, -0.05) is 26.1 Å². The highest BCUT2D eigenvalue weighted by atomic mass is 32.1. The van der Waals surface area contributed by atoms with Gasteiger partial charge in [0, 0.05) is 13.1 Å². The zero-order valence-corrected chi connectivity index (χ0v) is 10.4. The summed E-state index contributed by atoms with van der Waals surface area (Å²) >= 11 is 4.90. The minimum absolute atomic E-state index is 0.00190. The van der Waals surface area contributed by atoms with Crippen LogP contribution in [0.25, 0.3) is 0 Å². The lowest BCUT2D eigenvalue weighted by atomic mass is 10.1. The van der Waals surface area contributed by atoms with Crippen LogP contribution in [0.4, 0.5) is 5.69 Å². The second kappa shape index (κ2) is 5.37. The van der Waals surface area contributed by atoms with Gasteiger partial charge in [-0.3, -0.25) is 4.79 Å². The Balaban J connectivity index is 2.39. The first-order valence-electron chi connectivity index (χ1n) is 5.37. The third-order valence-corrected chi connectivity index (χ3v) is 3.26. The molecule has 1 rings (SSSR count). The summed E-state index contributed by atoms with van der Waals surface area (Å²) in [7, 11) is 0. The summed E-state index contributed by atoms with van der Waals surface area (Å²) in [6.07, 6.45) is 0. The lowest BCUT2D eigenvalue weighted by Crippen LogP contribution is -2.30. The van der Waals surface area contributed by atoms with Crippen molar-refractivity contribution >= 4 is 17.9 Å². The molecule has 0 spiro atoms. The van der Waals surface area contributed by atoms with Gasteiger partial charge in [0.2, 0.25) is 5.43 Å². The highest BCUT2D eigenvalue weighted by molar-refractivity contribution is 7.71. The van der Waals surface area contributed by atoms with Crippen molar-refractivity contribution in [1.29, 1.82) is 0 Å². The molecule has 3 nitrogen and oxygen atoms in total. The first kappa shape index (κ1) is 12.3. The van der Waals surface area contributed by atoms with Crippen LogP contribution in [0.5, 0.6) is 0 Å². The predicted molar refractivity (Wildman–Crippen MR) is 66.9 cm³/mol. The molecule has 15 heavy (non-hydrogen) atoms. The fraction of sp³-hybridized carbons (Fsp3) is 0.636. The van der Waals surface area contributed by atoms with Crippen molar-refractivity contribution in [3.63, 3.8) is 0 Å². The highest BCUT2D eigenvalue weighted by Crippen LogP contribution is 2.13. The van der Waals surface area contributed by atoms with E-state index >= 15 is 0 Å². The minimum atomic E-state index is 0.00190. The maximum absolute atomic E-state index is 11.3. The topological polar surface area (TPSA) is 32.3 Å². The monoisotopic (exact) mass is 226 g/mol. The van der Waals surface area contributed by atoms with Crippen molar-refractivity contribution in [2.45, 2.75) is 20.8 Å². The van der Waals surface area contributed by atoms with Gasteiger partial charge in [0.05, 0.1) is 10.2 Å². The maximum atomic E-state index is 11.3. The van der Waals surface area contributed by atoms with Crippen LogP contribution in [0.1, 0.15) is 19.4 Å². The second-order valence-electron chi connectivity index (χ2n) is 3.61. The van der Waals surface area contributed by atoms with Crippen LogP contribution in [-0.2, 0) is 0 Å². The lowest BCUT2D eigenvalue weighted by molar-refractivity contribution is 0.316. The van der Waals surface area contributed by atoms with E-state index in [1.807, 2.05) is 6.92 Å². The van der Waals surface area contributed by atoms with Crippen molar-refractivity contribution in [2.75, 3.05) is 31.5 Å². The van der Waals surface area contributed by atoms with Gasteiger partial charge in [0.15, 0.2) is 0 Å². The van der Waals surface area contributed by atoms with E-state index in [0.29, 0.717) is 10.2 Å². The molecule has 0 radical (unpaired) electrons. The Morgan fingerprint density at radius 1 is 1.33 bits per heavy atom. The second-order valence-corrected chi connectivity index (χ2v) is 4.02. The molecule has 0 fully saturated rings. The van der Waals surface area contributed by atoms with Crippen LogP contribution < -0.4 is 10.7 Å². The summed E-state index contributed by atoms with van der Waals surface area (Å²) in [4.78, 5) is 13.6. The molecule has 84 valence electrons. The molecule has 0 saturated heterocycles. The third kappa shape index (κ3) is 2.63. The van der Waals surface area contributed by atoms with E-state index in [1.54, 1.807) is 0 Å². The molecule has 0 aliphatic carbocycles. The van der Waals surface area contributed by atoms with E-state index in [4.69, 9.17) is 12.2 Å². The Kier molecular flexibility index (Phi) is 4.42. The third-order valence-electron chi connectivity index (χ3n) is 2.77. The molecule has 0 heterocycles. The van der Waals surface area contributed by atoms with Crippen LogP contribution >= 0.6 is 12.2 Å². The zero-order chi connectivity index (χ0) is 11.4. The average molecular weight is 226 g/mol. The van der Waals surface area contributed by atoms with Crippen LogP contribution in [0, 0.1) is 11.4 Å². The molecule has 1 aromatic carbocycles. The molecule has 0 saturated carbocycles. The van der Waals surface area contributed by atoms with E-state index in [1.165, 1.54) is 0 Å². The van der Waals surface area contributed by atoms with Crippen molar-refractivity contribution < 1.29 is 0 Å². The van der Waals surface area contributed by atoms with Crippen LogP contribution in [0.3, 0.4) is 0 Å². The Morgan fingerprint density at radius 2 is 1.93 bits per heavy atom.